The molecule has 0 bridgehead atoms. The molecule has 1 fully saturated rings. The Bertz CT molecular complexity index is 1030. The molecule has 9 heteroatoms. The van der Waals surface area contributed by atoms with Gasteiger partial charge in [-0.2, -0.15) is 0 Å². The van der Waals surface area contributed by atoms with Gasteiger partial charge < -0.3 is 15.0 Å². The second-order valence-corrected chi connectivity index (χ2v) is 9.06. The van der Waals surface area contributed by atoms with E-state index in [-0.39, 0.29) is 41.9 Å². The quantitative estimate of drug-likeness (QED) is 0.639. The van der Waals surface area contributed by atoms with Gasteiger partial charge in [0.05, 0.1) is 23.9 Å². The van der Waals surface area contributed by atoms with Crippen LogP contribution in [0.2, 0.25) is 0 Å². The topological polar surface area (TPSA) is 96.0 Å². The molecule has 0 aliphatic carbocycles. The fourth-order valence-electron chi connectivity index (χ4n) is 3.60. The predicted molar refractivity (Wildman–Crippen MR) is 118 cm³/mol. The molecule has 8 nitrogen and oxygen atoms in total. The molecule has 166 valence electrons. The van der Waals surface area contributed by atoms with E-state index in [9.17, 15) is 18.0 Å². The van der Waals surface area contributed by atoms with Crippen LogP contribution in [0.15, 0.2) is 59.5 Å². The highest BCUT2D eigenvalue weighted by atomic mass is 32.2. The molecule has 2 amide bonds. The number of hydrogen-bond acceptors (Lipinski definition) is 5. The second kappa shape index (κ2) is 9.93. The number of ether oxygens (including phenoxy) is 1. The number of carbonyl (C=O) groups is 2. The summed E-state index contributed by atoms with van der Waals surface area (Å²) < 4.78 is 33.1. The third-order valence-corrected chi connectivity index (χ3v) is 7.16. The molecular weight excluding hydrogens is 418 g/mol. The fourth-order valence-corrected chi connectivity index (χ4v) is 5.22. The number of anilines is 2. The van der Waals surface area contributed by atoms with Gasteiger partial charge >= 0.3 is 0 Å². The first-order valence-corrected chi connectivity index (χ1v) is 11.6. The number of para-hydroxylation sites is 2. The number of amides is 2. The number of rotatable bonds is 9. The van der Waals surface area contributed by atoms with Crippen molar-refractivity contribution in [2.24, 2.45) is 5.92 Å². The Morgan fingerprint density at radius 3 is 2.52 bits per heavy atom. The summed E-state index contributed by atoms with van der Waals surface area (Å²) in [6.07, 6.45) is 0.0928. The largest absolute Gasteiger partial charge is 0.383 e. The molecule has 0 radical (unpaired) electrons. The van der Waals surface area contributed by atoms with Crippen molar-refractivity contribution in [1.82, 2.24) is 4.90 Å². The number of likely N-dealkylation sites (tertiary alicyclic amines) is 1. The molecule has 2 aromatic carbocycles. The highest BCUT2D eigenvalue weighted by Crippen LogP contribution is 2.29. The summed E-state index contributed by atoms with van der Waals surface area (Å²) in [6, 6.07) is 15.1. The van der Waals surface area contributed by atoms with Crippen molar-refractivity contribution in [2.45, 2.75) is 18.2 Å². The van der Waals surface area contributed by atoms with E-state index in [0.717, 1.165) is 0 Å². The van der Waals surface area contributed by atoms with Crippen LogP contribution >= 0.6 is 0 Å². The summed E-state index contributed by atoms with van der Waals surface area (Å²) in [6.45, 7) is 3.10. The average molecular weight is 446 g/mol. The molecule has 0 aromatic heterocycles. The lowest BCUT2D eigenvalue weighted by molar-refractivity contribution is -0.128. The van der Waals surface area contributed by atoms with Crippen LogP contribution in [0, 0.1) is 5.92 Å². The van der Waals surface area contributed by atoms with Gasteiger partial charge in [0, 0.05) is 33.2 Å². The van der Waals surface area contributed by atoms with Crippen molar-refractivity contribution in [3.63, 3.8) is 0 Å². The number of nitrogens with one attached hydrogen (secondary N) is 1. The van der Waals surface area contributed by atoms with Gasteiger partial charge in [-0.05, 0) is 31.2 Å². The van der Waals surface area contributed by atoms with E-state index in [1.54, 1.807) is 61.4 Å². The van der Waals surface area contributed by atoms with Crippen molar-refractivity contribution in [3.8, 4) is 0 Å². The molecule has 31 heavy (non-hydrogen) atoms. The summed E-state index contributed by atoms with van der Waals surface area (Å²) in [7, 11) is -2.36. The van der Waals surface area contributed by atoms with Crippen molar-refractivity contribution in [1.29, 1.82) is 0 Å². The third-order valence-electron chi connectivity index (χ3n) is 5.19. The van der Waals surface area contributed by atoms with Gasteiger partial charge in [0.15, 0.2) is 0 Å². The maximum atomic E-state index is 13.4. The zero-order valence-corrected chi connectivity index (χ0v) is 18.5. The number of sulfonamides is 1. The Morgan fingerprint density at radius 2 is 1.84 bits per heavy atom. The monoisotopic (exact) mass is 445 g/mol. The third kappa shape index (κ3) is 5.05. The summed E-state index contributed by atoms with van der Waals surface area (Å²) in [4.78, 5) is 26.6. The second-order valence-electron chi connectivity index (χ2n) is 7.22. The lowest BCUT2D eigenvalue weighted by Gasteiger charge is -2.24. The molecule has 0 saturated carbocycles. The number of hydrogen-bond donors (Lipinski definition) is 1. The molecule has 2 aromatic rings. The van der Waals surface area contributed by atoms with Crippen LogP contribution in [0.4, 0.5) is 11.4 Å². The Kier molecular flexibility index (Phi) is 7.29. The Hall–Kier alpha value is -2.91. The first kappa shape index (κ1) is 22.8. The van der Waals surface area contributed by atoms with Gasteiger partial charge in [0.2, 0.25) is 11.8 Å². The SMILES string of the molecule is CCN(c1ccccc1)S(=O)(=O)c1ccccc1NC(=O)C1CC(=O)N(CCOC)C1. The molecule has 1 unspecified atom stereocenters. The highest BCUT2D eigenvalue weighted by Gasteiger charge is 2.35. The molecule has 1 aliphatic rings. The average Bonchev–Trinajstić information content (AvgIpc) is 3.14. The zero-order chi connectivity index (χ0) is 22.4. The molecule has 1 N–H and O–H groups in total. The van der Waals surface area contributed by atoms with E-state index >= 15 is 0 Å². The van der Waals surface area contributed by atoms with Gasteiger partial charge in [-0.3, -0.25) is 13.9 Å². The smallest absolute Gasteiger partial charge is 0.266 e. The molecule has 0 spiro atoms. The normalized spacial score (nSPS) is 16.4. The van der Waals surface area contributed by atoms with Crippen LogP contribution in [0.3, 0.4) is 0 Å². The molecule has 1 aliphatic heterocycles. The van der Waals surface area contributed by atoms with Crippen LogP contribution in [0.25, 0.3) is 0 Å². The van der Waals surface area contributed by atoms with Gasteiger partial charge in [0.25, 0.3) is 10.0 Å². The van der Waals surface area contributed by atoms with Gasteiger partial charge in [-0.25, -0.2) is 8.42 Å². The maximum absolute atomic E-state index is 13.4. The first-order valence-electron chi connectivity index (χ1n) is 10.1. The number of nitrogens with zero attached hydrogens (tertiary/aromatic N) is 2. The minimum absolute atomic E-state index is 0.00890. The standard InChI is InChI=1S/C22H27N3O5S/c1-3-25(18-9-5-4-6-10-18)31(28,29)20-12-8-7-11-19(20)23-22(27)17-15-21(26)24(16-17)13-14-30-2/h4-12,17H,3,13-16H2,1-2H3,(H,23,27). The summed E-state index contributed by atoms with van der Waals surface area (Å²) >= 11 is 0. The Balaban J connectivity index is 1.82. The minimum atomic E-state index is -3.91. The number of benzene rings is 2. The van der Waals surface area contributed by atoms with Crippen molar-refractivity contribution >= 4 is 33.2 Å². The van der Waals surface area contributed by atoms with E-state index in [1.807, 2.05) is 6.07 Å². The lowest BCUT2D eigenvalue weighted by Crippen LogP contribution is -2.33. The van der Waals surface area contributed by atoms with Crippen LogP contribution in [0.5, 0.6) is 0 Å². The molecule has 3 rings (SSSR count). The van der Waals surface area contributed by atoms with Crippen molar-refractivity contribution in [2.75, 3.05) is 43.0 Å². The van der Waals surface area contributed by atoms with E-state index in [4.69, 9.17) is 4.74 Å². The molecule has 1 atom stereocenters. The van der Waals surface area contributed by atoms with E-state index in [2.05, 4.69) is 5.32 Å². The fraction of sp³-hybridized carbons (Fsp3) is 0.364. The van der Waals surface area contributed by atoms with E-state index < -0.39 is 15.9 Å². The molecule has 1 saturated heterocycles. The number of methoxy groups -OCH3 is 1. The molecule has 1 heterocycles. The van der Waals surface area contributed by atoms with E-state index in [1.165, 1.54) is 10.4 Å². The van der Waals surface area contributed by atoms with Gasteiger partial charge in [-0.15, -0.1) is 0 Å². The van der Waals surface area contributed by atoms with E-state index in [0.29, 0.717) is 18.8 Å². The Morgan fingerprint density at radius 1 is 1.16 bits per heavy atom. The first-order chi connectivity index (χ1) is 14.9. The maximum Gasteiger partial charge on any atom is 0.266 e. The van der Waals surface area contributed by atoms with Gasteiger partial charge in [0.1, 0.15) is 4.90 Å². The van der Waals surface area contributed by atoms with Crippen LogP contribution in [-0.4, -0.2) is 58.5 Å². The van der Waals surface area contributed by atoms with Crippen LogP contribution in [0.1, 0.15) is 13.3 Å². The van der Waals surface area contributed by atoms with Crippen LogP contribution < -0.4 is 9.62 Å². The zero-order valence-electron chi connectivity index (χ0n) is 17.7. The molecular formula is C22H27N3O5S. The number of carbonyl (C=O) groups excluding carboxylic acids is 2. The minimum Gasteiger partial charge on any atom is -0.383 e. The lowest BCUT2D eigenvalue weighted by atomic mass is 10.1. The van der Waals surface area contributed by atoms with Gasteiger partial charge in [-0.1, -0.05) is 30.3 Å². The van der Waals surface area contributed by atoms with Crippen molar-refractivity contribution in [3.05, 3.63) is 54.6 Å². The predicted octanol–water partition coefficient (Wildman–Crippen LogP) is 2.34. The van der Waals surface area contributed by atoms with Crippen molar-refractivity contribution < 1.29 is 22.7 Å². The van der Waals surface area contributed by atoms with Crippen LogP contribution in [-0.2, 0) is 24.3 Å². The Labute approximate surface area is 182 Å². The summed E-state index contributed by atoms with van der Waals surface area (Å²) in [5, 5.41) is 2.73. The highest BCUT2D eigenvalue weighted by molar-refractivity contribution is 7.93. The summed E-state index contributed by atoms with van der Waals surface area (Å²) in [5.74, 6) is -1.03. The summed E-state index contributed by atoms with van der Waals surface area (Å²) in [5.41, 5.74) is 0.742.